The molecule has 0 atom stereocenters. The zero-order valence-corrected chi connectivity index (χ0v) is 10.6. The highest BCUT2D eigenvalue weighted by Gasteiger charge is 2.08. The van der Waals surface area contributed by atoms with Gasteiger partial charge in [0.15, 0.2) is 0 Å². The van der Waals surface area contributed by atoms with Gasteiger partial charge in [0.25, 0.3) is 0 Å². The lowest BCUT2D eigenvalue weighted by Gasteiger charge is -2.04. The molecule has 0 aliphatic heterocycles. The first-order valence-corrected chi connectivity index (χ1v) is 8.87. The Balaban J connectivity index is 2.30. The SMILES string of the molecule is C[Si](C)(C)C#Cc1ccc2c(c1)C=CC2. The predicted molar refractivity (Wildman–Crippen MR) is 69.4 cm³/mol. The maximum Gasteiger partial charge on any atom is 0.129 e. The summed E-state index contributed by atoms with van der Waals surface area (Å²) >= 11 is 0. The Kier molecular flexibility index (Phi) is 2.54. The van der Waals surface area contributed by atoms with E-state index >= 15 is 0 Å². The average molecular weight is 212 g/mol. The fourth-order valence-corrected chi connectivity index (χ4v) is 2.11. The minimum atomic E-state index is -1.24. The fourth-order valence-electron chi connectivity index (χ4n) is 1.59. The molecule has 0 spiro atoms. The van der Waals surface area contributed by atoms with E-state index in [4.69, 9.17) is 0 Å². The van der Waals surface area contributed by atoms with Crippen LogP contribution in [0.15, 0.2) is 24.3 Å². The van der Waals surface area contributed by atoms with Gasteiger partial charge in [-0.25, -0.2) is 0 Å². The fraction of sp³-hybridized carbons (Fsp3) is 0.286. The smallest absolute Gasteiger partial charge is 0.127 e. The molecule has 0 heterocycles. The molecule has 1 aromatic rings. The van der Waals surface area contributed by atoms with Crippen molar-refractivity contribution in [2.24, 2.45) is 0 Å². The Morgan fingerprint density at radius 2 is 2.00 bits per heavy atom. The van der Waals surface area contributed by atoms with E-state index in [0.717, 1.165) is 12.0 Å². The zero-order valence-electron chi connectivity index (χ0n) is 9.59. The molecule has 1 aliphatic carbocycles. The lowest BCUT2D eigenvalue weighted by Crippen LogP contribution is -2.16. The van der Waals surface area contributed by atoms with Crippen molar-refractivity contribution < 1.29 is 0 Å². The Labute approximate surface area is 93.0 Å². The largest absolute Gasteiger partial charge is 0.129 e. The summed E-state index contributed by atoms with van der Waals surface area (Å²) in [7, 11) is -1.24. The molecule has 0 radical (unpaired) electrons. The molecule has 1 aliphatic rings. The summed E-state index contributed by atoms with van der Waals surface area (Å²) in [5.41, 5.74) is 7.32. The zero-order chi connectivity index (χ0) is 10.9. The normalized spacial score (nSPS) is 13.3. The van der Waals surface area contributed by atoms with Gasteiger partial charge in [0.1, 0.15) is 8.07 Å². The molecular formula is C14H16Si. The summed E-state index contributed by atoms with van der Waals surface area (Å²) in [6, 6.07) is 6.54. The summed E-state index contributed by atoms with van der Waals surface area (Å²) in [6.45, 7) is 6.81. The first kappa shape index (κ1) is 10.3. The summed E-state index contributed by atoms with van der Waals surface area (Å²) in [5.74, 6) is 3.29. The van der Waals surface area contributed by atoms with Crippen molar-refractivity contribution in [3.05, 3.63) is 41.0 Å². The first-order chi connectivity index (χ1) is 7.04. The van der Waals surface area contributed by atoms with Gasteiger partial charge in [-0.1, -0.05) is 43.8 Å². The Bertz CT molecular complexity index is 464. The molecule has 1 aromatic carbocycles. The summed E-state index contributed by atoms with van der Waals surface area (Å²) < 4.78 is 0. The number of fused-ring (bicyclic) bond motifs is 1. The summed E-state index contributed by atoms with van der Waals surface area (Å²) in [4.78, 5) is 0. The van der Waals surface area contributed by atoms with Gasteiger partial charge in [0.05, 0.1) is 0 Å². The standard InChI is InChI=1S/C14H16Si/c1-15(2,3)10-9-12-7-8-13-5-4-6-14(13)11-12/h4,6-8,11H,5H2,1-3H3. The van der Waals surface area contributed by atoms with Crippen LogP contribution in [0, 0.1) is 11.5 Å². The molecule has 2 rings (SSSR count). The van der Waals surface area contributed by atoms with Crippen molar-refractivity contribution in [2.75, 3.05) is 0 Å². The average Bonchev–Trinajstić information content (AvgIpc) is 2.60. The topological polar surface area (TPSA) is 0 Å². The van der Waals surface area contributed by atoms with Gasteiger partial charge in [0.2, 0.25) is 0 Å². The van der Waals surface area contributed by atoms with E-state index in [9.17, 15) is 0 Å². The van der Waals surface area contributed by atoms with Crippen LogP contribution < -0.4 is 0 Å². The molecule has 0 saturated carbocycles. The quantitative estimate of drug-likeness (QED) is 0.456. The van der Waals surface area contributed by atoms with Gasteiger partial charge in [-0.2, -0.15) is 0 Å². The van der Waals surface area contributed by atoms with E-state index in [-0.39, 0.29) is 0 Å². The van der Waals surface area contributed by atoms with Gasteiger partial charge in [-0.15, -0.1) is 5.54 Å². The van der Waals surface area contributed by atoms with Crippen LogP contribution in [0.5, 0.6) is 0 Å². The van der Waals surface area contributed by atoms with Crippen LogP contribution in [0.1, 0.15) is 16.7 Å². The molecule has 0 aromatic heterocycles. The van der Waals surface area contributed by atoms with Crippen molar-refractivity contribution in [1.82, 2.24) is 0 Å². The van der Waals surface area contributed by atoms with Crippen molar-refractivity contribution in [3.63, 3.8) is 0 Å². The van der Waals surface area contributed by atoms with Gasteiger partial charge >= 0.3 is 0 Å². The third kappa shape index (κ3) is 2.61. The minimum absolute atomic E-state index is 1.08. The van der Waals surface area contributed by atoms with Crippen molar-refractivity contribution in [2.45, 2.75) is 26.1 Å². The van der Waals surface area contributed by atoms with E-state index in [1.807, 2.05) is 0 Å². The van der Waals surface area contributed by atoms with Crippen LogP contribution >= 0.6 is 0 Å². The molecular weight excluding hydrogens is 196 g/mol. The number of hydrogen-bond donors (Lipinski definition) is 0. The molecule has 0 bridgehead atoms. The predicted octanol–water partition coefficient (Wildman–Crippen LogP) is 3.48. The molecule has 15 heavy (non-hydrogen) atoms. The van der Waals surface area contributed by atoms with Crippen LogP contribution in [-0.2, 0) is 6.42 Å². The Hall–Kier alpha value is -1.26. The minimum Gasteiger partial charge on any atom is -0.127 e. The van der Waals surface area contributed by atoms with Crippen molar-refractivity contribution in [1.29, 1.82) is 0 Å². The van der Waals surface area contributed by atoms with E-state index in [2.05, 4.69) is 61.5 Å². The van der Waals surface area contributed by atoms with Gasteiger partial charge in [0, 0.05) is 5.56 Å². The van der Waals surface area contributed by atoms with Gasteiger partial charge < -0.3 is 0 Å². The molecule has 76 valence electrons. The highest BCUT2D eigenvalue weighted by atomic mass is 28.3. The second-order valence-corrected chi connectivity index (χ2v) is 9.77. The molecule has 0 nitrogen and oxygen atoms in total. The molecule has 0 N–H and O–H groups in total. The van der Waals surface area contributed by atoms with E-state index in [1.54, 1.807) is 0 Å². The van der Waals surface area contributed by atoms with Crippen LogP contribution in [0.3, 0.4) is 0 Å². The van der Waals surface area contributed by atoms with Crippen LogP contribution in [0.2, 0.25) is 19.6 Å². The van der Waals surface area contributed by atoms with Crippen molar-refractivity contribution in [3.8, 4) is 11.5 Å². The van der Waals surface area contributed by atoms with E-state index in [1.165, 1.54) is 11.1 Å². The highest BCUT2D eigenvalue weighted by Crippen LogP contribution is 2.20. The Morgan fingerprint density at radius 3 is 2.73 bits per heavy atom. The third-order valence-electron chi connectivity index (χ3n) is 2.36. The molecule has 0 saturated heterocycles. The second-order valence-electron chi connectivity index (χ2n) is 5.02. The van der Waals surface area contributed by atoms with Gasteiger partial charge in [-0.3, -0.25) is 0 Å². The number of rotatable bonds is 0. The maximum atomic E-state index is 3.39. The van der Waals surface area contributed by atoms with Crippen molar-refractivity contribution >= 4 is 14.1 Å². The highest BCUT2D eigenvalue weighted by molar-refractivity contribution is 6.83. The lowest BCUT2D eigenvalue weighted by molar-refractivity contribution is 1.31. The Morgan fingerprint density at radius 1 is 1.20 bits per heavy atom. The molecule has 0 amide bonds. The van der Waals surface area contributed by atoms with Crippen LogP contribution in [-0.4, -0.2) is 8.07 Å². The maximum absolute atomic E-state index is 3.39. The third-order valence-corrected chi connectivity index (χ3v) is 3.24. The van der Waals surface area contributed by atoms with E-state index in [0.29, 0.717) is 0 Å². The molecule has 0 fully saturated rings. The van der Waals surface area contributed by atoms with Gasteiger partial charge in [-0.05, 0) is 29.7 Å². The first-order valence-electron chi connectivity index (χ1n) is 5.37. The number of allylic oxidation sites excluding steroid dienone is 1. The van der Waals surface area contributed by atoms with Crippen LogP contribution in [0.4, 0.5) is 0 Å². The van der Waals surface area contributed by atoms with E-state index < -0.39 is 8.07 Å². The summed E-state index contributed by atoms with van der Waals surface area (Å²) in [6.07, 6.45) is 5.48. The second kappa shape index (κ2) is 3.71. The number of hydrogen-bond acceptors (Lipinski definition) is 0. The summed E-state index contributed by atoms with van der Waals surface area (Å²) in [5, 5.41) is 0. The van der Waals surface area contributed by atoms with Crippen LogP contribution in [0.25, 0.3) is 6.08 Å². The lowest BCUT2D eigenvalue weighted by atomic mass is 10.1. The molecule has 1 heteroatoms. The number of benzene rings is 1. The monoisotopic (exact) mass is 212 g/mol. The molecule has 0 unspecified atom stereocenters.